The summed E-state index contributed by atoms with van der Waals surface area (Å²) in [6, 6.07) is 10.7. The van der Waals surface area contributed by atoms with E-state index in [0.29, 0.717) is 43.5 Å². The molecule has 0 unspecified atom stereocenters. The summed E-state index contributed by atoms with van der Waals surface area (Å²) in [5.74, 6) is 1.61. The quantitative estimate of drug-likeness (QED) is 0.551. The first-order chi connectivity index (χ1) is 13.9. The van der Waals surface area contributed by atoms with E-state index >= 15 is 0 Å². The lowest BCUT2D eigenvalue weighted by molar-refractivity contribution is 0.102. The molecule has 0 aliphatic rings. The molecule has 1 amide bonds. The summed E-state index contributed by atoms with van der Waals surface area (Å²) in [6.45, 7) is 3.98. The minimum Gasteiger partial charge on any atom is -0.497 e. The molecule has 3 aromatic rings. The van der Waals surface area contributed by atoms with Gasteiger partial charge in [-0.05, 0) is 49.7 Å². The average molecular weight is 433 g/mol. The third kappa shape index (κ3) is 4.99. The molecule has 0 aliphatic heterocycles. The average Bonchev–Trinajstić information content (AvgIpc) is 3.09. The van der Waals surface area contributed by atoms with E-state index in [1.807, 2.05) is 13.0 Å². The van der Waals surface area contributed by atoms with Crippen molar-refractivity contribution in [2.75, 3.05) is 19.5 Å². The predicted octanol–water partition coefficient (Wildman–Crippen LogP) is 5.26. The van der Waals surface area contributed by atoms with Crippen molar-refractivity contribution in [2.45, 2.75) is 20.5 Å². The number of benzene rings is 2. The van der Waals surface area contributed by atoms with E-state index in [0.717, 1.165) is 5.56 Å². The maximum Gasteiger partial charge on any atom is 0.267 e. The summed E-state index contributed by atoms with van der Waals surface area (Å²) in [4.78, 5) is 17.7. The van der Waals surface area contributed by atoms with Gasteiger partial charge in [-0.3, -0.25) is 4.79 Å². The Hall–Kier alpha value is -2.77. The zero-order chi connectivity index (χ0) is 21.0. The molecule has 29 heavy (non-hydrogen) atoms. The van der Waals surface area contributed by atoms with Crippen LogP contribution in [0.25, 0.3) is 0 Å². The molecule has 6 nitrogen and oxygen atoms in total. The highest BCUT2D eigenvalue weighted by molar-refractivity contribution is 7.13. The SMILES string of the molecule is COc1ccc(NC(=O)c2sc(COc3ccc(Cl)c(C)c3)nc2C)c(OC)c1. The second-order valence-corrected chi connectivity index (χ2v) is 7.73. The van der Waals surface area contributed by atoms with Crippen LogP contribution in [0.2, 0.25) is 5.02 Å². The molecule has 0 bridgehead atoms. The molecule has 1 heterocycles. The van der Waals surface area contributed by atoms with Gasteiger partial charge < -0.3 is 19.5 Å². The van der Waals surface area contributed by atoms with Crippen molar-refractivity contribution >= 4 is 34.5 Å². The van der Waals surface area contributed by atoms with Gasteiger partial charge in [0.15, 0.2) is 0 Å². The van der Waals surface area contributed by atoms with Crippen molar-refractivity contribution in [1.82, 2.24) is 4.98 Å². The van der Waals surface area contributed by atoms with E-state index in [1.54, 1.807) is 44.4 Å². The number of ether oxygens (including phenoxy) is 3. The molecular formula is C21H21ClN2O4S. The van der Waals surface area contributed by atoms with Crippen LogP contribution in [0.3, 0.4) is 0 Å². The molecule has 0 radical (unpaired) electrons. The fourth-order valence-electron chi connectivity index (χ4n) is 2.66. The van der Waals surface area contributed by atoms with E-state index in [9.17, 15) is 4.79 Å². The Morgan fingerprint density at radius 2 is 1.86 bits per heavy atom. The fraction of sp³-hybridized carbons (Fsp3) is 0.238. The number of aryl methyl sites for hydroxylation is 2. The first kappa shape index (κ1) is 21.0. The first-order valence-electron chi connectivity index (χ1n) is 8.80. The zero-order valence-corrected chi connectivity index (χ0v) is 18.1. The molecule has 8 heteroatoms. The normalized spacial score (nSPS) is 10.5. The Kier molecular flexibility index (Phi) is 6.61. The lowest BCUT2D eigenvalue weighted by Gasteiger charge is -2.11. The summed E-state index contributed by atoms with van der Waals surface area (Å²) in [6.07, 6.45) is 0. The van der Waals surface area contributed by atoms with Gasteiger partial charge in [-0.25, -0.2) is 4.98 Å². The van der Waals surface area contributed by atoms with Gasteiger partial charge in [0.2, 0.25) is 0 Å². The van der Waals surface area contributed by atoms with Gasteiger partial charge in [0.25, 0.3) is 5.91 Å². The highest BCUT2D eigenvalue weighted by atomic mass is 35.5. The monoisotopic (exact) mass is 432 g/mol. The van der Waals surface area contributed by atoms with Crippen LogP contribution >= 0.6 is 22.9 Å². The maximum absolute atomic E-state index is 12.7. The van der Waals surface area contributed by atoms with Crippen molar-refractivity contribution in [3.05, 3.63) is 62.6 Å². The van der Waals surface area contributed by atoms with Crippen molar-refractivity contribution in [3.63, 3.8) is 0 Å². The Bertz CT molecular complexity index is 1040. The molecule has 0 saturated carbocycles. The maximum atomic E-state index is 12.7. The van der Waals surface area contributed by atoms with Crippen LogP contribution in [0.15, 0.2) is 36.4 Å². The van der Waals surface area contributed by atoms with E-state index in [2.05, 4.69) is 10.3 Å². The molecule has 0 fully saturated rings. The molecule has 0 atom stereocenters. The number of anilines is 1. The zero-order valence-electron chi connectivity index (χ0n) is 16.5. The molecule has 3 rings (SSSR count). The van der Waals surface area contributed by atoms with Crippen LogP contribution in [0.4, 0.5) is 5.69 Å². The van der Waals surface area contributed by atoms with Crippen LogP contribution in [0, 0.1) is 13.8 Å². The number of hydrogen-bond donors (Lipinski definition) is 1. The number of halogens is 1. The van der Waals surface area contributed by atoms with E-state index < -0.39 is 0 Å². The van der Waals surface area contributed by atoms with E-state index in [1.165, 1.54) is 18.4 Å². The van der Waals surface area contributed by atoms with Gasteiger partial charge in [-0.15, -0.1) is 11.3 Å². The molecular weight excluding hydrogens is 412 g/mol. The van der Waals surface area contributed by atoms with E-state index in [-0.39, 0.29) is 12.5 Å². The van der Waals surface area contributed by atoms with Crippen LogP contribution in [-0.4, -0.2) is 25.1 Å². The van der Waals surface area contributed by atoms with Gasteiger partial charge in [0, 0.05) is 11.1 Å². The number of methoxy groups -OCH3 is 2. The van der Waals surface area contributed by atoms with Crippen molar-refractivity contribution < 1.29 is 19.0 Å². The van der Waals surface area contributed by atoms with Gasteiger partial charge in [-0.2, -0.15) is 0 Å². The van der Waals surface area contributed by atoms with Gasteiger partial charge >= 0.3 is 0 Å². The van der Waals surface area contributed by atoms with Crippen molar-refractivity contribution in [2.24, 2.45) is 0 Å². The Morgan fingerprint density at radius 1 is 1.10 bits per heavy atom. The second kappa shape index (κ2) is 9.15. The number of hydrogen-bond acceptors (Lipinski definition) is 6. The van der Waals surface area contributed by atoms with Crippen LogP contribution < -0.4 is 19.5 Å². The summed E-state index contributed by atoms with van der Waals surface area (Å²) in [5, 5.41) is 4.27. The Morgan fingerprint density at radius 3 is 2.55 bits per heavy atom. The molecule has 0 spiro atoms. The number of carbonyl (C=O) groups excluding carboxylic acids is 1. The third-order valence-corrected chi connectivity index (χ3v) is 5.75. The van der Waals surface area contributed by atoms with Crippen LogP contribution in [0.1, 0.15) is 25.9 Å². The highest BCUT2D eigenvalue weighted by Crippen LogP contribution is 2.30. The van der Waals surface area contributed by atoms with Gasteiger partial charge in [-0.1, -0.05) is 11.6 Å². The van der Waals surface area contributed by atoms with Crippen LogP contribution in [-0.2, 0) is 6.61 Å². The number of nitrogens with one attached hydrogen (secondary N) is 1. The van der Waals surface area contributed by atoms with E-state index in [4.69, 9.17) is 25.8 Å². The molecule has 2 aromatic carbocycles. The van der Waals surface area contributed by atoms with Crippen LogP contribution in [0.5, 0.6) is 17.2 Å². The van der Waals surface area contributed by atoms with Gasteiger partial charge in [0.05, 0.1) is 25.6 Å². The Labute approximate surface area is 178 Å². The molecule has 1 N–H and O–H groups in total. The highest BCUT2D eigenvalue weighted by Gasteiger charge is 2.18. The third-order valence-electron chi connectivity index (χ3n) is 4.20. The summed E-state index contributed by atoms with van der Waals surface area (Å²) < 4.78 is 16.3. The summed E-state index contributed by atoms with van der Waals surface area (Å²) in [5.41, 5.74) is 2.14. The lowest BCUT2D eigenvalue weighted by atomic mass is 10.2. The summed E-state index contributed by atoms with van der Waals surface area (Å²) >= 11 is 7.33. The molecule has 152 valence electrons. The van der Waals surface area contributed by atoms with Gasteiger partial charge in [0.1, 0.15) is 33.7 Å². The minimum atomic E-state index is -0.253. The molecule has 1 aromatic heterocycles. The lowest BCUT2D eigenvalue weighted by Crippen LogP contribution is -2.12. The minimum absolute atomic E-state index is 0.253. The number of thiazole rings is 1. The van der Waals surface area contributed by atoms with Crippen molar-refractivity contribution in [3.8, 4) is 17.2 Å². The standard InChI is InChI=1S/C21H21ClN2O4S/c1-12-9-15(5-7-16(12)22)28-11-19-23-13(2)20(29-19)21(25)24-17-8-6-14(26-3)10-18(17)27-4/h5-10H,11H2,1-4H3,(H,24,25). The number of nitrogens with zero attached hydrogens (tertiary/aromatic N) is 1. The molecule has 0 aliphatic carbocycles. The Balaban J connectivity index is 1.71. The molecule has 0 saturated heterocycles. The summed E-state index contributed by atoms with van der Waals surface area (Å²) in [7, 11) is 3.11. The first-order valence-corrected chi connectivity index (χ1v) is 9.99. The number of rotatable bonds is 7. The largest absolute Gasteiger partial charge is 0.497 e. The smallest absolute Gasteiger partial charge is 0.267 e. The number of aromatic nitrogens is 1. The second-order valence-electron chi connectivity index (χ2n) is 6.24. The number of amides is 1. The number of carbonyl (C=O) groups is 1. The topological polar surface area (TPSA) is 69.7 Å². The van der Waals surface area contributed by atoms with Crippen molar-refractivity contribution in [1.29, 1.82) is 0 Å². The fourth-order valence-corrected chi connectivity index (χ4v) is 3.65. The predicted molar refractivity (Wildman–Crippen MR) is 115 cm³/mol.